The van der Waals surface area contributed by atoms with Crippen molar-refractivity contribution >= 4 is 17.3 Å². The second-order valence-electron chi connectivity index (χ2n) is 1.63. The van der Waals surface area contributed by atoms with Crippen LogP contribution in [0.2, 0.25) is 0 Å². The summed E-state index contributed by atoms with van der Waals surface area (Å²) >= 11 is 1.16. The highest BCUT2D eigenvalue weighted by molar-refractivity contribution is 7.12. The van der Waals surface area contributed by atoms with Crippen LogP contribution in [0.4, 0.5) is 0 Å². The monoisotopic (exact) mass is 158 g/mol. The number of hydrogen-bond acceptors (Lipinski definition) is 4. The Kier molecular flexibility index (Phi) is 1.91. The van der Waals surface area contributed by atoms with E-state index in [-0.39, 0.29) is 10.6 Å². The van der Waals surface area contributed by atoms with E-state index in [2.05, 4.69) is 4.74 Å². The van der Waals surface area contributed by atoms with Gasteiger partial charge in [0.1, 0.15) is 5.75 Å². The summed E-state index contributed by atoms with van der Waals surface area (Å²) in [5.74, 6) is -0.510. The first-order valence-electron chi connectivity index (χ1n) is 2.60. The molecule has 0 fully saturated rings. The van der Waals surface area contributed by atoms with Crippen LogP contribution in [0.3, 0.4) is 0 Å². The molecule has 4 heteroatoms. The lowest BCUT2D eigenvalue weighted by Gasteiger charge is -1.93. The summed E-state index contributed by atoms with van der Waals surface area (Å²) in [5, 5.41) is 10.6. The molecule has 1 N–H and O–H groups in total. The van der Waals surface area contributed by atoms with Crippen molar-refractivity contribution in [3.8, 4) is 5.75 Å². The smallest absolute Gasteiger partial charge is 0.351 e. The predicted molar refractivity (Wildman–Crippen MR) is 37.3 cm³/mol. The lowest BCUT2D eigenvalue weighted by Crippen LogP contribution is -1.97. The summed E-state index contributed by atoms with van der Waals surface area (Å²) < 4.78 is 4.39. The zero-order valence-electron chi connectivity index (χ0n) is 5.33. The minimum absolute atomic E-state index is 0.0168. The van der Waals surface area contributed by atoms with E-state index >= 15 is 0 Å². The Morgan fingerprint density at radius 3 is 2.90 bits per heavy atom. The maximum Gasteiger partial charge on any atom is 0.351 e. The Morgan fingerprint density at radius 2 is 2.50 bits per heavy atom. The fourth-order valence-electron chi connectivity index (χ4n) is 0.548. The second-order valence-corrected chi connectivity index (χ2v) is 2.54. The van der Waals surface area contributed by atoms with Gasteiger partial charge in [-0.2, -0.15) is 0 Å². The van der Waals surface area contributed by atoms with Gasteiger partial charge in [-0.1, -0.05) is 0 Å². The van der Waals surface area contributed by atoms with Crippen LogP contribution in [0.5, 0.6) is 5.75 Å². The van der Waals surface area contributed by atoms with Crippen LogP contribution in [0.1, 0.15) is 9.67 Å². The molecular formula is C6H6O3S. The van der Waals surface area contributed by atoms with Crippen molar-refractivity contribution in [3.05, 3.63) is 16.3 Å². The molecule has 0 aliphatic heterocycles. The van der Waals surface area contributed by atoms with Gasteiger partial charge in [0.15, 0.2) is 4.88 Å². The van der Waals surface area contributed by atoms with Gasteiger partial charge in [0.2, 0.25) is 0 Å². The molecule has 1 aromatic rings. The number of hydrogen-bond donors (Lipinski definition) is 1. The topological polar surface area (TPSA) is 46.5 Å². The summed E-state index contributed by atoms with van der Waals surface area (Å²) in [4.78, 5) is 11.0. The average molecular weight is 158 g/mol. The lowest BCUT2D eigenvalue weighted by atomic mass is 10.4. The first kappa shape index (κ1) is 7.08. The first-order chi connectivity index (χ1) is 4.75. The van der Waals surface area contributed by atoms with E-state index in [1.807, 2.05) is 0 Å². The summed E-state index contributed by atoms with van der Waals surface area (Å²) in [6.45, 7) is 0. The van der Waals surface area contributed by atoms with E-state index in [9.17, 15) is 4.79 Å². The van der Waals surface area contributed by atoms with Gasteiger partial charge in [-0.05, 0) is 11.4 Å². The van der Waals surface area contributed by atoms with E-state index in [1.54, 1.807) is 5.38 Å². The Balaban J connectivity index is 2.93. The van der Waals surface area contributed by atoms with Crippen molar-refractivity contribution in [2.24, 2.45) is 0 Å². The molecule has 1 rings (SSSR count). The molecule has 1 heterocycles. The van der Waals surface area contributed by atoms with Crippen molar-refractivity contribution in [2.45, 2.75) is 0 Å². The third-order valence-electron chi connectivity index (χ3n) is 1.02. The minimum Gasteiger partial charge on any atom is -0.506 e. The third kappa shape index (κ3) is 1.11. The van der Waals surface area contributed by atoms with E-state index in [4.69, 9.17) is 5.11 Å². The highest BCUT2D eigenvalue weighted by atomic mass is 32.1. The van der Waals surface area contributed by atoms with Crippen molar-refractivity contribution < 1.29 is 14.6 Å². The molecule has 0 saturated carbocycles. The van der Waals surface area contributed by atoms with Crippen molar-refractivity contribution in [2.75, 3.05) is 7.11 Å². The molecule has 0 aromatic carbocycles. The first-order valence-corrected chi connectivity index (χ1v) is 3.48. The number of esters is 1. The largest absolute Gasteiger partial charge is 0.506 e. The molecule has 0 radical (unpaired) electrons. The van der Waals surface area contributed by atoms with Crippen LogP contribution in [0.15, 0.2) is 11.4 Å². The molecule has 0 amide bonds. The number of carbonyl (C=O) groups is 1. The minimum atomic E-state index is -0.493. The van der Waals surface area contributed by atoms with E-state index < -0.39 is 5.97 Å². The van der Waals surface area contributed by atoms with Gasteiger partial charge in [-0.25, -0.2) is 4.79 Å². The summed E-state index contributed by atoms with van der Waals surface area (Å²) in [7, 11) is 1.28. The fourth-order valence-corrected chi connectivity index (χ4v) is 1.25. The van der Waals surface area contributed by atoms with E-state index in [0.29, 0.717) is 0 Å². The van der Waals surface area contributed by atoms with Gasteiger partial charge < -0.3 is 9.84 Å². The van der Waals surface area contributed by atoms with Crippen LogP contribution in [0, 0.1) is 0 Å². The van der Waals surface area contributed by atoms with Gasteiger partial charge in [0.05, 0.1) is 7.11 Å². The molecule has 0 spiro atoms. The van der Waals surface area contributed by atoms with Crippen LogP contribution in [-0.2, 0) is 4.74 Å². The molecule has 0 unspecified atom stereocenters. The number of rotatable bonds is 1. The number of methoxy groups -OCH3 is 1. The van der Waals surface area contributed by atoms with Crippen molar-refractivity contribution in [1.29, 1.82) is 0 Å². The fraction of sp³-hybridized carbons (Fsp3) is 0.167. The molecule has 10 heavy (non-hydrogen) atoms. The molecule has 0 aliphatic rings. The molecule has 0 bridgehead atoms. The number of carbonyl (C=O) groups excluding carboxylic acids is 1. The molecule has 0 aliphatic carbocycles. The van der Waals surface area contributed by atoms with Crippen molar-refractivity contribution in [3.63, 3.8) is 0 Å². The Hall–Kier alpha value is -1.03. The number of ether oxygens (including phenoxy) is 1. The Morgan fingerprint density at radius 1 is 1.80 bits per heavy atom. The number of thiophene rings is 1. The zero-order valence-corrected chi connectivity index (χ0v) is 6.14. The molecule has 54 valence electrons. The zero-order chi connectivity index (χ0) is 7.56. The van der Waals surface area contributed by atoms with E-state index in [1.165, 1.54) is 13.2 Å². The maximum atomic E-state index is 10.7. The van der Waals surface area contributed by atoms with Gasteiger partial charge in [0.25, 0.3) is 0 Å². The van der Waals surface area contributed by atoms with Crippen LogP contribution in [0.25, 0.3) is 0 Å². The molecule has 0 atom stereocenters. The van der Waals surface area contributed by atoms with Gasteiger partial charge in [-0.15, -0.1) is 11.3 Å². The Bertz CT molecular complexity index is 241. The highest BCUT2D eigenvalue weighted by Gasteiger charge is 2.11. The summed E-state index contributed by atoms with van der Waals surface area (Å²) in [5.41, 5.74) is 0. The number of aromatic hydroxyl groups is 1. The van der Waals surface area contributed by atoms with Gasteiger partial charge >= 0.3 is 5.97 Å². The third-order valence-corrected chi connectivity index (χ3v) is 1.90. The standard InChI is InChI=1S/C6H6O3S/c1-9-6(8)5-4(7)2-3-10-5/h2-3,7H,1H3. The SMILES string of the molecule is COC(=O)c1sccc1O. The normalized spacial score (nSPS) is 9.30. The van der Waals surface area contributed by atoms with Crippen LogP contribution in [-0.4, -0.2) is 18.2 Å². The van der Waals surface area contributed by atoms with Gasteiger partial charge in [-0.3, -0.25) is 0 Å². The van der Waals surface area contributed by atoms with Crippen LogP contribution < -0.4 is 0 Å². The predicted octanol–water partition coefficient (Wildman–Crippen LogP) is 1.24. The summed E-state index contributed by atoms with van der Waals surface area (Å²) in [6, 6.07) is 1.46. The molecule has 1 aromatic heterocycles. The second kappa shape index (κ2) is 2.70. The van der Waals surface area contributed by atoms with Crippen molar-refractivity contribution in [1.82, 2.24) is 0 Å². The molecule has 3 nitrogen and oxygen atoms in total. The lowest BCUT2D eigenvalue weighted by molar-refractivity contribution is 0.0603. The van der Waals surface area contributed by atoms with Gasteiger partial charge in [0, 0.05) is 0 Å². The Labute approximate surface area is 61.9 Å². The molecule has 0 saturated heterocycles. The maximum absolute atomic E-state index is 10.7. The molecular weight excluding hydrogens is 152 g/mol. The summed E-state index contributed by atoms with van der Waals surface area (Å²) in [6.07, 6.45) is 0. The highest BCUT2D eigenvalue weighted by Crippen LogP contribution is 2.23. The van der Waals surface area contributed by atoms with Crippen LogP contribution >= 0.6 is 11.3 Å². The quantitative estimate of drug-likeness (QED) is 0.625. The average Bonchev–Trinajstić information content (AvgIpc) is 2.34. The van der Waals surface area contributed by atoms with E-state index in [0.717, 1.165) is 11.3 Å².